The quantitative estimate of drug-likeness (QED) is 0.340. The fourth-order valence-electron chi connectivity index (χ4n) is 3.47. The van der Waals surface area contributed by atoms with E-state index in [1.54, 1.807) is 0 Å². The van der Waals surface area contributed by atoms with Crippen LogP contribution < -0.4 is 16.9 Å². The largest absolute Gasteiger partial charge is 1.00 e. The Bertz CT molecular complexity index is 1300. The first kappa shape index (κ1) is 22.8. The number of nitrogens with one attached hydrogen (secondary N) is 2. The molecule has 4 nitrogen and oxygen atoms in total. The second-order valence-electron chi connectivity index (χ2n) is 7.67. The van der Waals surface area contributed by atoms with Crippen LogP contribution in [-0.2, 0) is 15.7 Å². The molecule has 33 heavy (non-hydrogen) atoms. The summed E-state index contributed by atoms with van der Waals surface area (Å²) in [6, 6.07) is 24.4. The monoisotopic (exact) mass is 495 g/mol. The molecule has 2 N–H and O–H groups in total. The molecule has 1 aromatic carbocycles. The Kier molecular flexibility index (Phi) is 6.94. The second kappa shape index (κ2) is 10.0. The average molecular weight is 496 g/mol. The van der Waals surface area contributed by atoms with Gasteiger partial charge in [0.1, 0.15) is 0 Å². The van der Waals surface area contributed by atoms with Gasteiger partial charge in [0.2, 0.25) is 0 Å². The molecule has 0 spiro atoms. The second-order valence-corrected chi connectivity index (χ2v) is 8.28. The molecule has 0 amide bonds. The van der Waals surface area contributed by atoms with E-state index in [4.69, 9.17) is 0 Å². The molecule has 6 rings (SSSR count). The summed E-state index contributed by atoms with van der Waals surface area (Å²) in [7, 11) is 0. The topological polar surface area (TPSA) is 57.4 Å². The van der Waals surface area contributed by atoms with Gasteiger partial charge in [0, 0.05) is 22.1 Å². The van der Waals surface area contributed by atoms with Crippen LogP contribution in [-0.4, -0.2) is 19.9 Å². The van der Waals surface area contributed by atoms with Crippen LogP contribution in [0.1, 0.15) is 28.3 Å². The van der Waals surface area contributed by atoms with Crippen LogP contribution in [0.5, 0.6) is 0 Å². The van der Waals surface area contributed by atoms with Gasteiger partial charge < -0.3 is 22.4 Å². The van der Waals surface area contributed by atoms with E-state index in [1.807, 2.05) is 72.8 Å². The van der Waals surface area contributed by atoms with Gasteiger partial charge in [0.15, 0.2) is 0 Å². The standard InChI is InChI=1S/C20H14N4.C7H7.ClH.Co/c1-2-14-10-16-5-6-18(23-16)12-20-8-7-19(24-20)11-17-4-3-15(22-17)9-13(1)21-14;1-7-5-3-2-4-6-7;;/h1-12,21,24H;3-6H,1H3;1H;/q;;;+1/p-1. The maximum atomic E-state index is 4.63. The van der Waals surface area contributed by atoms with Gasteiger partial charge >= 0.3 is 57.0 Å². The summed E-state index contributed by atoms with van der Waals surface area (Å²) in [5.74, 6) is 0. The Balaban J connectivity index is 0.000000247. The number of aromatic nitrogens is 4. The van der Waals surface area contributed by atoms with Crippen LogP contribution in [0.15, 0.2) is 72.8 Å². The van der Waals surface area contributed by atoms with Gasteiger partial charge in [-0.2, -0.15) is 0 Å². The molecular weight excluding hydrogens is 475 g/mol. The van der Waals surface area contributed by atoms with Crippen molar-refractivity contribution in [1.29, 1.82) is 0 Å². The van der Waals surface area contributed by atoms with Crippen molar-refractivity contribution in [3.05, 3.63) is 101 Å². The van der Waals surface area contributed by atoms with Crippen LogP contribution in [0.2, 0.25) is 0 Å². The van der Waals surface area contributed by atoms with Crippen molar-refractivity contribution in [3.8, 4) is 0 Å². The van der Waals surface area contributed by atoms with E-state index in [2.05, 4.69) is 66.9 Å². The van der Waals surface area contributed by atoms with Crippen molar-refractivity contribution in [2.75, 3.05) is 0 Å². The van der Waals surface area contributed by atoms with Gasteiger partial charge in [-0.25, -0.2) is 9.97 Å². The molecule has 0 saturated heterocycles. The molecule has 2 aliphatic heterocycles. The fraction of sp³-hybridized carbons (Fsp3) is 0.0370. The van der Waals surface area contributed by atoms with Crippen LogP contribution in [0.4, 0.5) is 0 Å². The Morgan fingerprint density at radius 3 is 1.18 bits per heavy atom. The molecule has 5 heterocycles. The number of aryl methyl sites for hydroxylation is 1. The molecular formula is C27H21ClCoN4. The number of hydrogen-bond donors (Lipinski definition) is 2. The molecule has 0 radical (unpaired) electrons. The molecule has 6 heteroatoms. The molecule has 0 saturated carbocycles. The normalized spacial score (nSPS) is 11.5. The van der Waals surface area contributed by atoms with E-state index < -0.39 is 0 Å². The zero-order chi connectivity index (χ0) is 21.9. The number of nitrogens with zero attached hydrogens (tertiary/aromatic N) is 2. The zero-order valence-electron chi connectivity index (χ0n) is 17.8. The van der Waals surface area contributed by atoms with Gasteiger partial charge in [-0.3, -0.25) is 0 Å². The summed E-state index contributed by atoms with van der Waals surface area (Å²) in [4.78, 5) is 16.0. The third kappa shape index (κ3) is 5.90. The summed E-state index contributed by atoms with van der Waals surface area (Å²) in [6.07, 6.45) is 8.09. The van der Waals surface area contributed by atoms with Crippen molar-refractivity contribution >= 4 is 50.9 Å². The number of hydrogen-bond acceptors (Lipinski definition) is 2. The Labute approximate surface area is 206 Å². The Hall–Kier alpha value is -3.38. The molecule has 3 aromatic heterocycles. The summed E-state index contributed by atoms with van der Waals surface area (Å²) in [5, 5.41) is 0. The van der Waals surface area contributed by atoms with Crippen molar-refractivity contribution in [2.24, 2.45) is 0 Å². The summed E-state index contributed by atoms with van der Waals surface area (Å²) in [6.45, 7) is 2.06. The first-order chi connectivity index (χ1) is 15.6. The number of rotatable bonds is 0. The van der Waals surface area contributed by atoms with E-state index in [9.17, 15) is 0 Å². The minimum Gasteiger partial charge on any atom is -1.00 e. The molecule has 0 aliphatic carbocycles. The SMILES string of the molecule is C1=Cc2cc3ccc(cc4nc(cc5ccc(cc1n2)[nH]5)C=C4)[nH]3.Cc1cc[c]([Co+])cc1.[Cl-]. The maximum absolute atomic E-state index is 4.63. The number of aromatic amines is 2. The summed E-state index contributed by atoms with van der Waals surface area (Å²) in [5.41, 5.74) is 9.14. The fourth-order valence-corrected chi connectivity index (χ4v) is 3.64. The first-order valence-electron chi connectivity index (χ1n) is 10.3. The van der Waals surface area contributed by atoms with Crippen molar-refractivity contribution in [3.63, 3.8) is 0 Å². The van der Waals surface area contributed by atoms with Crippen molar-refractivity contribution < 1.29 is 28.1 Å². The smallest absolute Gasteiger partial charge is 1.00 e. The number of benzene rings is 1. The molecule has 165 valence electrons. The first-order valence-corrected chi connectivity index (χ1v) is 10.9. The van der Waals surface area contributed by atoms with E-state index in [0.717, 1.165) is 49.3 Å². The van der Waals surface area contributed by atoms with Crippen LogP contribution in [0.3, 0.4) is 0 Å². The molecule has 4 aromatic rings. The van der Waals surface area contributed by atoms with Gasteiger partial charge in [0.05, 0.1) is 22.8 Å². The molecule has 8 bridgehead atoms. The van der Waals surface area contributed by atoms with E-state index in [-0.39, 0.29) is 12.4 Å². The minimum absolute atomic E-state index is 0. The van der Waals surface area contributed by atoms with Crippen molar-refractivity contribution in [1.82, 2.24) is 19.9 Å². The Morgan fingerprint density at radius 1 is 0.545 bits per heavy atom. The molecule has 0 fully saturated rings. The summed E-state index contributed by atoms with van der Waals surface area (Å²) < 4.78 is 1.02. The van der Waals surface area contributed by atoms with E-state index >= 15 is 0 Å². The van der Waals surface area contributed by atoms with Gasteiger partial charge in [0.25, 0.3) is 0 Å². The van der Waals surface area contributed by atoms with Crippen molar-refractivity contribution in [2.45, 2.75) is 6.92 Å². The Morgan fingerprint density at radius 2 is 0.879 bits per heavy atom. The zero-order valence-corrected chi connectivity index (χ0v) is 19.6. The maximum Gasteiger partial charge on any atom is -1.00 e. The third-order valence-corrected chi connectivity index (χ3v) is 5.38. The number of H-pyrrole nitrogens is 2. The summed E-state index contributed by atoms with van der Waals surface area (Å²) >= 11 is 4.18. The molecule has 0 unspecified atom stereocenters. The minimum atomic E-state index is 0. The number of fused-ring (bicyclic) bond motifs is 8. The predicted octanol–water partition coefficient (Wildman–Crippen LogP) is 2.83. The van der Waals surface area contributed by atoms with Gasteiger partial charge in [-0.15, -0.1) is 0 Å². The van der Waals surface area contributed by atoms with Crippen LogP contribution >= 0.6 is 0 Å². The molecule has 0 atom stereocenters. The van der Waals surface area contributed by atoms with Crippen LogP contribution in [0, 0.1) is 6.92 Å². The van der Waals surface area contributed by atoms with Gasteiger partial charge in [-0.05, 0) is 72.8 Å². The predicted molar refractivity (Wildman–Crippen MR) is 130 cm³/mol. The molecule has 2 aliphatic rings. The van der Waals surface area contributed by atoms with E-state index in [1.165, 1.54) is 5.56 Å². The van der Waals surface area contributed by atoms with E-state index in [0.29, 0.717) is 0 Å². The third-order valence-electron chi connectivity index (χ3n) is 5.04. The number of halogens is 1. The van der Waals surface area contributed by atoms with Gasteiger partial charge in [-0.1, -0.05) is 0 Å². The average Bonchev–Trinajstić information content (AvgIpc) is 3.57. The van der Waals surface area contributed by atoms with Crippen LogP contribution in [0.25, 0.3) is 46.4 Å².